The molecule has 0 radical (unpaired) electrons. The van der Waals surface area contributed by atoms with Crippen LogP contribution in [0.25, 0.3) is 10.9 Å². The van der Waals surface area contributed by atoms with Crippen LogP contribution < -0.4 is 24.8 Å². The number of pyridine rings is 1. The first-order valence-electron chi connectivity index (χ1n) is 20.4. The predicted molar refractivity (Wildman–Crippen MR) is 213 cm³/mol. The number of aliphatic hydroxyl groups is 1. The number of fused-ring (bicyclic) bond motifs is 5. The summed E-state index contributed by atoms with van der Waals surface area (Å²) in [5, 5.41) is 14.9. The number of ether oxygens (including phenoxy) is 3. The van der Waals surface area contributed by atoms with Crippen LogP contribution in [0.1, 0.15) is 96.7 Å². The van der Waals surface area contributed by atoms with Gasteiger partial charge in [-0.2, -0.15) is 13.2 Å². The molecule has 1 saturated carbocycles. The second kappa shape index (κ2) is 16.0. The highest BCUT2D eigenvalue weighted by Crippen LogP contribution is 2.49. The number of nitrogens with one attached hydrogen (secondary N) is 3. The third-order valence-corrected chi connectivity index (χ3v) is 14.0. The molecule has 3 aliphatic heterocycles. The van der Waals surface area contributed by atoms with Crippen LogP contribution in [0.2, 0.25) is 0 Å². The average Bonchev–Trinajstić information content (AvgIpc) is 3.84. The number of amides is 4. The van der Waals surface area contributed by atoms with Crippen LogP contribution in [-0.4, -0.2) is 101 Å². The Labute approximate surface area is 351 Å². The molecule has 0 unspecified atom stereocenters. The van der Waals surface area contributed by atoms with Gasteiger partial charge in [0.2, 0.25) is 21.8 Å². The number of hydrogen-bond acceptors (Lipinski definition) is 11. The molecule has 2 aliphatic carbocycles. The van der Waals surface area contributed by atoms with E-state index in [4.69, 9.17) is 14.2 Å². The quantitative estimate of drug-likeness (QED) is 0.230. The molecule has 7 rings (SSSR count). The first-order valence-corrected chi connectivity index (χ1v) is 21.9. The molecule has 330 valence electrons. The zero-order valence-corrected chi connectivity index (χ0v) is 35.2. The molecule has 0 bridgehead atoms. The Morgan fingerprint density at radius 3 is 2.54 bits per heavy atom. The Balaban J connectivity index is 1.29. The van der Waals surface area contributed by atoms with Crippen molar-refractivity contribution in [1.29, 1.82) is 0 Å². The van der Waals surface area contributed by atoms with Crippen LogP contribution in [0.5, 0.6) is 11.5 Å². The van der Waals surface area contributed by atoms with E-state index >= 15 is 0 Å². The summed E-state index contributed by atoms with van der Waals surface area (Å²) in [5.41, 5.74) is -5.70. The van der Waals surface area contributed by atoms with E-state index in [-0.39, 0.29) is 55.7 Å². The standard InChI is InChI=1S/C42H50F3N5O10S/c1-38(2,3)60-37(55)47-30-11-9-7-5-6-8-10-25-14-17-41(25,36(54)49-61(56,57)39(4)18-19-39)48-34(52)31-23-40(24-50(31)35(30)53)16-15-27-28-22-26(58-21-20-51)12-13-29(28)46-33(32(27)59-40)42(43,44)45/h8,10,12-13,22,25,30-31,51H,5-7,9,11,15-16,18-21,23-24H2,1-4H3,(H,47,55)(H,48,52)(H,49,54)/b10-8-/t25-,30+,31+,40-,41-/m1/s1. The smallest absolute Gasteiger partial charge is 0.437 e. The largest absolute Gasteiger partial charge is 0.491 e. The van der Waals surface area contributed by atoms with Crippen LogP contribution in [0.15, 0.2) is 30.4 Å². The highest BCUT2D eigenvalue weighted by molar-refractivity contribution is 7.91. The van der Waals surface area contributed by atoms with Gasteiger partial charge in [0.1, 0.15) is 35.6 Å². The lowest BCUT2D eigenvalue weighted by molar-refractivity contribution is -0.144. The van der Waals surface area contributed by atoms with Crippen molar-refractivity contribution in [3.8, 4) is 23.3 Å². The number of benzene rings is 1. The van der Waals surface area contributed by atoms with Crippen molar-refractivity contribution in [3.63, 3.8) is 0 Å². The number of aliphatic hydroxyl groups excluding tert-OH is 1. The molecule has 5 atom stereocenters. The van der Waals surface area contributed by atoms with Gasteiger partial charge >= 0.3 is 12.3 Å². The van der Waals surface area contributed by atoms with Crippen molar-refractivity contribution in [2.45, 2.75) is 132 Å². The Morgan fingerprint density at radius 2 is 1.89 bits per heavy atom. The summed E-state index contributed by atoms with van der Waals surface area (Å²) < 4.78 is 89.4. The lowest BCUT2D eigenvalue weighted by Gasteiger charge is -2.38. The molecule has 5 aliphatic rings. The summed E-state index contributed by atoms with van der Waals surface area (Å²) in [4.78, 5) is 61.8. The zero-order valence-electron chi connectivity index (χ0n) is 34.4. The second-order valence-corrected chi connectivity index (χ2v) is 19.9. The number of alkyl carbamates (subject to hydrolysis) is 1. The van der Waals surface area contributed by atoms with Crippen LogP contribution in [0, 0.1) is 17.8 Å². The minimum Gasteiger partial charge on any atom is -0.491 e. The minimum atomic E-state index is -4.98. The van der Waals surface area contributed by atoms with E-state index in [9.17, 15) is 45.9 Å². The maximum Gasteiger partial charge on any atom is 0.437 e. The Morgan fingerprint density at radius 1 is 1.13 bits per heavy atom. The number of aromatic nitrogens is 1. The van der Waals surface area contributed by atoms with Crippen LogP contribution in [-0.2, 0) is 41.7 Å². The van der Waals surface area contributed by atoms with Gasteiger partial charge in [0.25, 0.3) is 5.91 Å². The van der Waals surface area contributed by atoms with E-state index in [2.05, 4.69) is 32.2 Å². The van der Waals surface area contributed by atoms with E-state index in [1.165, 1.54) is 25.1 Å². The minimum absolute atomic E-state index is 0.00183. The van der Waals surface area contributed by atoms with Gasteiger partial charge < -0.3 is 34.9 Å². The maximum atomic E-state index is 14.8. The number of aryl methyl sites for hydroxylation is 1. The Bertz CT molecular complexity index is 2330. The second-order valence-electron chi connectivity index (χ2n) is 17.7. The number of alkyl halides is 3. The number of hydrogen-bond donors (Lipinski definition) is 4. The summed E-state index contributed by atoms with van der Waals surface area (Å²) in [5.74, 6) is 1.55. The number of rotatable bonds is 7. The number of carbonyl (C=O) groups excluding carboxylic acids is 4. The molecule has 4 N–H and O–H groups in total. The first-order chi connectivity index (χ1) is 28.6. The number of sulfonamides is 1. The topological polar surface area (TPSA) is 203 Å². The van der Waals surface area contributed by atoms with Gasteiger partial charge in [0.05, 0.1) is 29.3 Å². The van der Waals surface area contributed by atoms with Crippen molar-refractivity contribution in [3.05, 3.63) is 41.6 Å². The first kappa shape index (κ1) is 44.0. The number of carbonyl (C=O) groups is 4. The molecule has 1 saturated heterocycles. The molecule has 2 aromatic rings. The van der Waals surface area contributed by atoms with Crippen LogP contribution >= 0.6 is 0 Å². The van der Waals surface area contributed by atoms with E-state index < -0.39 is 97.5 Å². The fraction of sp³-hybridized carbons (Fsp3) is 0.595. The Kier molecular flexibility index (Phi) is 11.5. The van der Waals surface area contributed by atoms with Gasteiger partial charge in [0.15, 0.2) is 17.0 Å². The summed E-state index contributed by atoms with van der Waals surface area (Å²) >= 11 is 0. The molecule has 1 aromatic carbocycles. The number of halogens is 3. The zero-order chi connectivity index (χ0) is 44.2. The third-order valence-electron chi connectivity index (χ3n) is 11.9. The molecule has 4 amide bonds. The van der Waals surface area contributed by atoms with Crippen molar-refractivity contribution in [2.24, 2.45) is 5.92 Å². The Hall–Kier alpha value is -5.09. The van der Waals surface area contributed by atoms with E-state index in [0.29, 0.717) is 43.9 Å². The van der Waals surface area contributed by atoms with Crippen molar-refractivity contribution in [1.82, 2.24) is 25.2 Å². The lowest BCUT2D eigenvalue weighted by atomic mass is 9.75. The van der Waals surface area contributed by atoms with Crippen LogP contribution in [0.3, 0.4) is 0 Å². The van der Waals surface area contributed by atoms with Crippen molar-refractivity contribution in [2.75, 3.05) is 19.8 Å². The fourth-order valence-electron chi connectivity index (χ4n) is 8.21. The molecule has 1 aromatic heterocycles. The number of nitrogens with zero attached hydrogens (tertiary/aromatic N) is 2. The summed E-state index contributed by atoms with van der Waals surface area (Å²) in [6, 6.07) is 1.61. The average molecular weight is 874 g/mol. The monoisotopic (exact) mass is 873 g/mol. The molecule has 61 heavy (non-hydrogen) atoms. The predicted octanol–water partition coefficient (Wildman–Crippen LogP) is 4.19. The molecule has 2 fully saturated rings. The fourth-order valence-corrected chi connectivity index (χ4v) is 9.51. The van der Waals surface area contributed by atoms with E-state index in [1.807, 2.05) is 0 Å². The molecule has 19 heteroatoms. The van der Waals surface area contributed by atoms with Gasteiger partial charge in [-0.3, -0.25) is 14.4 Å². The molecule has 1 spiro atoms. The summed E-state index contributed by atoms with van der Waals surface area (Å²) in [6.07, 6.45) is 0.258. The van der Waals surface area contributed by atoms with Gasteiger partial charge in [-0.15, -0.1) is 0 Å². The van der Waals surface area contributed by atoms with Crippen molar-refractivity contribution < 1.29 is 60.1 Å². The number of allylic oxidation sites excluding steroid dienone is 1. The molecular formula is C42H50F3N5O10S. The molecular weight excluding hydrogens is 824 g/mol. The van der Waals surface area contributed by atoms with E-state index in [0.717, 1.165) is 4.90 Å². The maximum absolute atomic E-state index is 14.8. The lowest BCUT2D eigenvalue weighted by Crippen LogP contribution is -2.68. The van der Waals surface area contributed by atoms with Gasteiger partial charge in [-0.1, -0.05) is 36.8 Å². The highest BCUT2D eigenvalue weighted by Gasteiger charge is 2.59. The SMILES string of the molecule is CC(C)(C)OC(=O)N[C@H]1CCCCC/C=C\[C@@H]2C#C[C@@]2(C(=O)NS(=O)(=O)C2(C)CC2)NC(=O)[C@@H]2C[C@]3(CCc4c(c(C(F)(F)F)nc5ccc(OCCO)cc45)O3)CN2C1=O. The summed E-state index contributed by atoms with van der Waals surface area (Å²) in [6.45, 7) is 5.70. The molecule has 15 nitrogen and oxygen atoms in total. The summed E-state index contributed by atoms with van der Waals surface area (Å²) in [7, 11) is -4.19. The van der Waals surface area contributed by atoms with Crippen LogP contribution in [0.4, 0.5) is 18.0 Å². The van der Waals surface area contributed by atoms with E-state index in [1.54, 1.807) is 32.9 Å². The molecule has 4 heterocycles. The third kappa shape index (κ3) is 8.83. The highest BCUT2D eigenvalue weighted by atomic mass is 32.2. The van der Waals surface area contributed by atoms with Gasteiger partial charge in [-0.05, 0) is 90.8 Å². The van der Waals surface area contributed by atoms with Gasteiger partial charge in [0, 0.05) is 17.4 Å². The van der Waals surface area contributed by atoms with Crippen molar-refractivity contribution >= 4 is 44.7 Å². The normalized spacial score (nSPS) is 27.9. The van der Waals surface area contributed by atoms with Gasteiger partial charge in [-0.25, -0.2) is 22.9 Å².